The highest BCUT2D eigenvalue weighted by atomic mass is 35.5. The average molecular weight is 221 g/mol. The summed E-state index contributed by atoms with van der Waals surface area (Å²) in [6.45, 7) is 4.05. The summed E-state index contributed by atoms with van der Waals surface area (Å²) in [6, 6.07) is 3.81. The molecular formula is C10H9ClN4. The minimum Gasteiger partial charge on any atom is -0.232 e. The van der Waals surface area contributed by atoms with E-state index >= 15 is 0 Å². The number of hydrogen-bond acceptors (Lipinski definition) is 3. The van der Waals surface area contributed by atoms with Crippen molar-refractivity contribution < 1.29 is 0 Å². The van der Waals surface area contributed by atoms with E-state index in [4.69, 9.17) is 16.9 Å². The number of aromatic nitrogens is 3. The molecule has 15 heavy (non-hydrogen) atoms. The van der Waals surface area contributed by atoms with Gasteiger partial charge in [0.1, 0.15) is 16.8 Å². The highest BCUT2D eigenvalue weighted by Gasteiger charge is 2.11. The lowest BCUT2D eigenvalue weighted by Crippen LogP contribution is -1.99. The summed E-state index contributed by atoms with van der Waals surface area (Å²) in [5.41, 5.74) is 1.83. The second-order valence-corrected chi connectivity index (χ2v) is 3.95. The fourth-order valence-corrected chi connectivity index (χ4v) is 1.55. The predicted molar refractivity (Wildman–Crippen MR) is 56.8 cm³/mol. The lowest BCUT2D eigenvalue weighted by molar-refractivity contribution is 0.808. The van der Waals surface area contributed by atoms with Crippen LogP contribution in [-0.2, 0) is 0 Å². The zero-order chi connectivity index (χ0) is 11.0. The molecule has 0 aromatic carbocycles. The standard InChI is InChI=1S/C10H9ClN4/c1-6(2)8-3-9(11)15-10(14-8)7(4-12)5-13-15/h3,5-6H,1-2H3. The molecule has 0 saturated carbocycles. The maximum Gasteiger partial charge on any atom is 0.174 e. The first kappa shape index (κ1) is 9.94. The van der Waals surface area contributed by atoms with Gasteiger partial charge in [-0.3, -0.25) is 0 Å². The van der Waals surface area contributed by atoms with Gasteiger partial charge in [-0.15, -0.1) is 0 Å². The molecular weight excluding hydrogens is 212 g/mol. The molecule has 2 aromatic heterocycles. The van der Waals surface area contributed by atoms with Gasteiger partial charge in [0.2, 0.25) is 0 Å². The molecule has 0 N–H and O–H groups in total. The summed E-state index contributed by atoms with van der Waals surface area (Å²) >= 11 is 6.03. The number of halogens is 1. The first-order valence-electron chi connectivity index (χ1n) is 4.57. The minimum atomic E-state index is 0.272. The number of nitrogens with zero attached hydrogens (tertiary/aromatic N) is 4. The van der Waals surface area contributed by atoms with Crippen molar-refractivity contribution in [2.75, 3.05) is 0 Å². The van der Waals surface area contributed by atoms with Crippen LogP contribution in [0.5, 0.6) is 0 Å². The molecule has 0 unspecified atom stereocenters. The van der Waals surface area contributed by atoms with E-state index in [-0.39, 0.29) is 5.92 Å². The average Bonchev–Trinajstić information content (AvgIpc) is 2.60. The van der Waals surface area contributed by atoms with Crippen molar-refractivity contribution in [1.29, 1.82) is 5.26 Å². The Balaban J connectivity index is 2.78. The van der Waals surface area contributed by atoms with Crippen LogP contribution in [0.3, 0.4) is 0 Å². The molecule has 2 heterocycles. The predicted octanol–water partition coefficient (Wildman–Crippen LogP) is 2.38. The van der Waals surface area contributed by atoms with Crippen molar-refractivity contribution in [3.8, 4) is 6.07 Å². The molecule has 0 saturated heterocycles. The Morgan fingerprint density at radius 1 is 1.53 bits per heavy atom. The van der Waals surface area contributed by atoms with Crippen LogP contribution in [0.15, 0.2) is 12.3 Å². The van der Waals surface area contributed by atoms with E-state index < -0.39 is 0 Å². The zero-order valence-electron chi connectivity index (χ0n) is 8.40. The third-order valence-electron chi connectivity index (χ3n) is 2.16. The largest absolute Gasteiger partial charge is 0.232 e. The zero-order valence-corrected chi connectivity index (χ0v) is 9.15. The Labute approximate surface area is 92.1 Å². The quantitative estimate of drug-likeness (QED) is 0.694. The Hall–Kier alpha value is -1.60. The molecule has 0 radical (unpaired) electrons. The van der Waals surface area contributed by atoms with Crippen LogP contribution in [0.2, 0.25) is 5.15 Å². The van der Waals surface area contributed by atoms with E-state index in [9.17, 15) is 0 Å². The summed E-state index contributed by atoms with van der Waals surface area (Å²) in [4.78, 5) is 4.36. The summed E-state index contributed by atoms with van der Waals surface area (Å²) in [7, 11) is 0. The Morgan fingerprint density at radius 3 is 2.87 bits per heavy atom. The van der Waals surface area contributed by atoms with Crippen molar-refractivity contribution in [2.24, 2.45) is 0 Å². The van der Waals surface area contributed by atoms with Crippen LogP contribution >= 0.6 is 11.6 Å². The van der Waals surface area contributed by atoms with Crippen LogP contribution in [-0.4, -0.2) is 14.6 Å². The van der Waals surface area contributed by atoms with Gasteiger partial charge in [0.15, 0.2) is 5.65 Å². The van der Waals surface area contributed by atoms with Gasteiger partial charge in [0.25, 0.3) is 0 Å². The number of nitriles is 1. The second-order valence-electron chi connectivity index (χ2n) is 3.56. The molecule has 0 aliphatic heterocycles. The third kappa shape index (κ3) is 1.55. The van der Waals surface area contributed by atoms with Gasteiger partial charge < -0.3 is 0 Å². The maximum absolute atomic E-state index is 8.86. The fourth-order valence-electron chi connectivity index (χ4n) is 1.32. The van der Waals surface area contributed by atoms with Gasteiger partial charge in [-0.25, -0.2) is 9.50 Å². The van der Waals surface area contributed by atoms with Crippen LogP contribution in [0.4, 0.5) is 0 Å². The molecule has 5 heteroatoms. The molecule has 0 fully saturated rings. The van der Waals surface area contributed by atoms with Crippen LogP contribution in [0, 0.1) is 11.3 Å². The molecule has 4 nitrogen and oxygen atoms in total. The van der Waals surface area contributed by atoms with E-state index in [0.717, 1.165) is 5.69 Å². The highest BCUT2D eigenvalue weighted by Crippen LogP contribution is 2.20. The SMILES string of the molecule is CC(C)c1cc(Cl)n2ncc(C#N)c2n1. The molecule has 0 aliphatic rings. The molecule has 0 spiro atoms. The van der Waals surface area contributed by atoms with Gasteiger partial charge in [0, 0.05) is 5.69 Å². The Kier molecular flexibility index (Phi) is 2.33. The molecule has 0 amide bonds. The van der Waals surface area contributed by atoms with E-state index in [1.165, 1.54) is 10.7 Å². The molecule has 76 valence electrons. The van der Waals surface area contributed by atoms with E-state index in [1.54, 1.807) is 6.07 Å². The topological polar surface area (TPSA) is 54.0 Å². The van der Waals surface area contributed by atoms with Crippen LogP contribution < -0.4 is 0 Å². The van der Waals surface area contributed by atoms with Gasteiger partial charge >= 0.3 is 0 Å². The molecule has 0 bridgehead atoms. The first-order chi connectivity index (χ1) is 7.13. The minimum absolute atomic E-state index is 0.272. The maximum atomic E-state index is 8.86. The van der Waals surface area contributed by atoms with Crippen molar-refractivity contribution >= 4 is 17.2 Å². The summed E-state index contributed by atoms with van der Waals surface area (Å²) in [5, 5.41) is 13.3. The van der Waals surface area contributed by atoms with Crippen molar-refractivity contribution in [2.45, 2.75) is 19.8 Å². The van der Waals surface area contributed by atoms with Gasteiger partial charge in [-0.1, -0.05) is 25.4 Å². The normalized spacial score (nSPS) is 10.9. The summed E-state index contributed by atoms with van der Waals surface area (Å²) in [6.07, 6.45) is 1.47. The molecule has 2 aromatic rings. The van der Waals surface area contributed by atoms with Crippen LogP contribution in [0.25, 0.3) is 5.65 Å². The monoisotopic (exact) mass is 220 g/mol. The van der Waals surface area contributed by atoms with Gasteiger partial charge in [-0.05, 0) is 12.0 Å². The van der Waals surface area contributed by atoms with Crippen molar-refractivity contribution in [3.63, 3.8) is 0 Å². The second kappa shape index (κ2) is 3.52. The van der Waals surface area contributed by atoms with Crippen LogP contribution in [0.1, 0.15) is 31.0 Å². The third-order valence-corrected chi connectivity index (χ3v) is 2.43. The van der Waals surface area contributed by atoms with Gasteiger partial charge in [0.05, 0.1) is 6.20 Å². The van der Waals surface area contributed by atoms with Crippen molar-refractivity contribution in [1.82, 2.24) is 14.6 Å². The van der Waals surface area contributed by atoms with E-state index in [2.05, 4.69) is 10.1 Å². The van der Waals surface area contributed by atoms with Crippen molar-refractivity contribution in [3.05, 3.63) is 28.7 Å². The number of fused-ring (bicyclic) bond motifs is 1. The molecule has 0 aliphatic carbocycles. The summed E-state index contributed by atoms with van der Waals surface area (Å²) in [5.74, 6) is 0.272. The highest BCUT2D eigenvalue weighted by molar-refractivity contribution is 6.29. The fraction of sp³-hybridized carbons (Fsp3) is 0.300. The molecule has 2 rings (SSSR count). The smallest absolute Gasteiger partial charge is 0.174 e. The number of hydrogen-bond donors (Lipinski definition) is 0. The lowest BCUT2D eigenvalue weighted by atomic mass is 10.1. The Bertz CT molecular complexity index is 550. The Morgan fingerprint density at radius 2 is 2.27 bits per heavy atom. The number of rotatable bonds is 1. The summed E-state index contributed by atoms with van der Waals surface area (Å²) < 4.78 is 1.46. The molecule has 0 atom stereocenters. The first-order valence-corrected chi connectivity index (χ1v) is 4.95. The van der Waals surface area contributed by atoms with Gasteiger partial charge in [-0.2, -0.15) is 10.4 Å². The van der Waals surface area contributed by atoms with E-state index in [0.29, 0.717) is 16.4 Å². The van der Waals surface area contributed by atoms with E-state index in [1.807, 2.05) is 19.9 Å². The lowest BCUT2D eigenvalue weighted by Gasteiger charge is -2.05.